The molecule has 1 unspecified atom stereocenters. The molecule has 1 saturated heterocycles. The number of rotatable bonds is 0. The lowest BCUT2D eigenvalue weighted by Crippen LogP contribution is -2.26. The van der Waals surface area contributed by atoms with E-state index >= 15 is 0 Å². The van der Waals surface area contributed by atoms with Crippen molar-refractivity contribution in [3.05, 3.63) is 47.4 Å². The van der Waals surface area contributed by atoms with Crippen molar-refractivity contribution >= 4 is 17.4 Å². The third-order valence-corrected chi connectivity index (χ3v) is 5.36. The maximum absolute atomic E-state index is 12.8. The first kappa shape index (κ1) is 17.0. The third-order valence-electron chi connectivity index (χ3n) is 5.36. The van der Waals surface area contributed by atoms with E-state index in [1.807, 2.05) is 37.4 Å². The lowest BCUT2D eigenvalue weighted by atomic mass is 10.1. The number of ether oxygens (including phenoxy) is 1. The Morgan fingerprint density at radius 2 is 2.14 bits per heavy atom. The van der Waals surface area contributed by atoms with Crippen molar-refractivity contribution in [1.29, 1.82) is 0 Å². The van der Waals surface area contributed by atoms with Crippen LogP contribution in [0.3, 0.4) is 0 Å². The fourth-order valence-electron chi connectivity index (χ4n) is 4.04. The molecule has 28 heavy (non-hydrogen) atoms. The van der Waals surface area contributed by atoms with Gasteiger partial charge >= 0.3 is 0 Å². The van der Waals surface area contributed by atoms with Crippen molar-refractivity contribution in [3.8, 4) is 5.88 Å². The fourth-order valence-corrected chi connectivity index (χ4v) is 4.04. The smallest absolute Gasteiger partial charge is 0.257 e. The van der Waals surface area contributed by atoms with Crippen LogP contribution in [0.25, 0.3) is 5.65 Å². The van der Waals surface area contributed by atoms with E-state index in [0.717, 1.165) is 30.9 Å². The van der Waals surface area contributed by atoms with Gasteiger partial charge in [0.2, 0.25) is 5.88 Å². The molecule has 144 valence electrons. The van der Waals surface area contributed by atoms with Gasteiger partial charge in [-0.3, -0.25) is 4.79 Å². The predicted octanol–water partition coefficient (Wildman–Crippen LogP) is 2.29. The molecule has 8 heteroatoms. The van der Waals surface area contributed by atoms with Gasteiger partial charge in [-0.25, -0.2) is 14.5 Å². The lowest BCUT2D eigenvalue weighted by molar-refractivity contribution is 0.0952. The minimum atomic E-state index is -0.149. The maximum atomic E-state index is 12.8. The lowest BCUT2D eigenvalue weighted by Gasteiger charge is -2.25. The van der Waals surface area contributed by atoms with Gasteiger partial charge in [0.25, 0.3) is 5.91 Å². The summed E-state index contributed by atoms with van der Waals surface area (Å²) in [6, 6.07) is 8.02. The van der Waals surface area contributed by atoms with E-state index in [9.17, 15) is 4.79 Å². The van der Waals surface area contributed by atoms with Gasteiger partial charge in [-0.05, 0) is 38.3 Å². The van der Waals surface area contributed by atoms with E-state index in [4.69, 9.17) is 14.7 Å². The Bertz CT molecular complexity index is 1050. The number of nitrogens with zero attached hydrogens (tertiary/aromatic N) is 5. The first-order chi connectivity index (χ1) is 13.7. The summed E-state index contributed by atoms with van der Waals surface area (Å²) in [5, 5.41) is 7.41. The minimum Gasteiger partial charge on any atom is -0.478 e. The number of nitrogens with one attached hydrogen (secondary N) is 1. The second kappa shape index (κ2) is 6.78. The van der Waals surface area contributed by atoms with E-state index in [0.29, 0.717) is 42.4 Å². The summed E-state index contributed by atoms with van der Waals surface area (Å²) >= 11 is 0. The number of aromatic nitrogens is 4. The number of carbonyl (C=O) groups is 1. The average molecular weight is 378 g/mol. The molecule has 5 rings (SSSR count). The Kier molecular flexibility index (Phi) is 4.11. The van der Waals surface area contributed by atoms with Gasteiger partial charge in [0, 0.05) is 25.4 Å². The number of pyridine rings is 1. The van der Waals surface area contributed by atoms with Crippen LogP contribution < -0.4 is 15.0 Å². The van der Waals surface area contributed by atoms with Crippen LogP contribution >= 0.6 is 0 Å². The molecule has 3 aromatic rings. The largest absolute Gasteiger partial charge is 0.478 e. The van der Waals surface area contributed by atoms with Crippen LogP contribution in [-0.4, -0.2) is 45.2 Å². The molecule has 0 radical (unpaired) electrons. The van der Waals surface area contributed by atoms with Crippen molar-refractivity contribution in [3.63, 3.8) is 0 Å². The van der Waals surface area contributed by atoms with Crippen LogP contribution in [0.15, 0.2) is 30.5 Å². The van der Waals surface area contributed by atoms with Crippen molar-refractivity contribution in [2.75, 3.05) is 24.6 Å². The van der Waals surface area contributed by atoms with Crippen molar-refractivity contribution in [2.24, 2.45) is 0 Å². The number of fused-ring (bicyclic) bond motifs is 6. The number of anilines is 1. The molecule has 3 aromatic heterocycles. The van der Waals surface area contributed by atoms with Crippen molar-refractivity contribution < 1.29 is 9.53 Å². The normalized spacial score (nSPS) is 19.7. The van der Waals surface area contributed by atoms with E-state index in [-0.39, 0.29) is 11.9 Å². The highest BCUT2D eigenvalue weighted by molar-refractivity contribution is 6.01. The number of amides is 1. The highest BCUT2D eigenvalue weighted by atomic mass is 16.5. The van der Waals surface area contributed by atoms with E-state index in [1.165, 1.54) is 0 Å². The highest BCUT2D eigenvalue weighted by Gasteiger charge is 2.29. The topological polar surface area (TPSA) is 84.7 Å². The Morgan fingerprint density at radius 1 is 1.21 bits per heavy atom. The second-order valence-corrected chi connectivity index (χ2v) is 7.22. The van der Waals surface area contributed by atoms with Crippen molar-refractivity contribution in [2.45, 2.75) is 32.2 Å². The highest BCUT2D eigenvalue weighted by Crippen LogP contribution is 2.35. The zero-order valence-corrected chi connectivity index (χ0v) is 15.8. The molecule has 1 atom stereocenters. The maximum Gasteiger partial charge on any atom is 0.257 e. The van der Waals surface area contributed by atoms with E-state index in [1.54, 1.807) is 4.52 Å². The number of carbonyl (C=O) groups excluding carboxylic acids is 1. The Labute approximate surface area is 162 Å². The standard InChI is InChI=1S/C20H22N6O2/c1-13-18-19-23-16(8-11-26(19)24-13)25-10-3-6-15(25)14-5-2-7-17(22-14)28-12-4-9-21-20(18)27/h2,5,7-8,11,15H,3-4,6,9-10,12H2,1H3,(H,21,27). The first-order valence-electron chi connectivity index (χ1n) is 9.71. The zero-order valence-electron chi connectivity index (χ0n) is 15.8. The van der Waals surface area contributed by atoms with Gasteiger partial charge in [-0.15, -0.1) is 0 Å². The van der Waals surface area contributed by atoms with Gasteiger partial charge in [-0.1, -0.05) is 6.07 Å². The minimum absolute atomic E-state index is 0.143. The van der Waals surface area contributed by atoms with E-state index in [2.05, 4.69) is 15.3 Å². The van der Waals surface area contributed by atoms with E-state index < -0.39 is 0 Å². The summed E-state index contributed by atoms with van der Waals surface area (Å²) in [7, 11) is 0. The fraction of sp³-hybridized carbons (Fsp3) is 0.400. The quantitative estimate of drug-likeness (QED) is 0.646. The Balaban J connectivity index is 1.64. The number of aryl methyl sites for hydroxylation is 1. The monoisotopic (exact) mass is 378 g/mol. The molecule has 4 bridgehead atoms. The van der Waals surface area contributed by atoms with Crippen molar-refractivity contribution in [1.82, 2.24) is 24.9 Å². The molecular weight excluding hydrogens is 356 g/mol. The summed E-state index contributed by atoms with van der Waals surface area (Å²) in [5.74, 6) is 1.32. The molecule has 0 aromatic carbocycles. The number of hydrogen-bond donors (Lipinski definition) is 1. The average Bonchev–Trinajstić information content (AvgIpc) is 3.30. The Morgan fingerprint density at radius 3 is 3.07 bits per heavy atom. The second-order valence-electron chi connectivity index (χ2n) is 7.22. The van der Waals surface area contributed by atoms with Crippen LogP contribution in [0.1, 0.15) is 47.1 Å². The molecule has 8 nitrogen and oxygen atoms in total. The number of hydrogen-bond acceptors (Lipinski definition) is 6. The van der Waals surface area contributed by atoms with Gasteiger partial charge < -0.3 is 15.0 Å². The van der Waals surface area contributed by atoms with Crippen LogP contribution in [0, 0.1) is 6.92 Å². The summed E-state index contributed by atoms with van der Waals surface area (Å²) in [5.41, 5.74) is 2.79. The molecule has 2 aliphatic heterocycles. The van der Waals surface area contributed by atoms with Crippen LogP contribution in [0.4, 0.5) is 5.82 Å². The molecule has 2 aliphatic rings. The summed E-state index contributed by atoms with van der Waals surface area (Å²) in [6.45, 7) is 3.76. The molecule has 1 amide bonds. The molecule has 1 fully saturated rings. The van der Waals surface area contributed by atoms with Gasteiger partial charge in [0.05, 0.1) is 24.0 Å². The Hall–Kier alpha value is -3.16. The van der Waals surface area contributed by atoms with Gasteiger partial charge in [0.15, 0.2) is 5.65 Å². The first-order valence-corrected chi connectivity index (χ1v) is 9.71. The molecule has 0 saturated carbocycles. The zero-order chi connectivity index (χ0) is 19.1. The van der Waals surface area contributed by atoms with Crippen LogP contribution in [-0.2, 0) is 0 Å². The molecule has 1 N–H and O–H groups in total. The van der Waals surface area contributed by atoms with Gasteiger partial charge in [0.1, 0.15) is 11.4 Å². The predicted molar refractivity (Wildman–Crippen MR) is 104 cm³/mol. The van der Waals surface area contributed by atoms with Gasteiger partial charge in [-0.2, -0.15) is 5.10 Å². The van der Waals surface area contributed by atoms with Crippen LogP contribution in [0.2, 0.25) is 0 Å². The summed E-state index contributed by atoms with van der Waals surface area (Å²) < 4.78 is 7.49. The third kappa shape index (κ3) is 2.85. The summed E-state index contributed by atoms with van der Waals surface area (Å²) in [6.07, 6.45) is 4.65. The molecular formula is C20H22N6O2. The summed E-state index contributed by atoms with van der Waals surface area (Å²) in [4.78, 5) is 24.6. The molecule has 5 heterocycles. The molecule has 0 spiro atoms. The molecule has 0 aliphatic carbocycles. The SMILES string of the molecule is Cc1nn2ccc3nc2c1C(=O)NCCCOc1cccc(n1)C1CCCN31. The van der Waals surface area contributed by atoms with Crippen LogP contribution in [0.5, 0.6) is 5.88 Å².